The quantitative estimate of drug-likeness (QED) is 0.342. The second-order valence-electron chi connectivity index (χ2n) is 2.39. The SMILES string of the molecule is C=COCCCCOP(=O)(OC)OC. The summed E-state index contributed by atoms with van der Waals surface area (Å²) in [5, 5.41) is 0. The Morgan fingerprint density at radius 1 is 1.21 bits per heavy atom. The highest BCUT2D eigenvalue weighted by molar-refractivity contribution is 7.48. The van der Waals surface area contributed by atoms with Crippen molar-refractivity contribution in [3.8, 4) is 0 Å². The van der Waals surface area contributed by atoms with Crippen molar-refractivity contribution in [2.24, 2.45) is 0 Å². The third-order valence-corrected chi connectivity index (χ3v) is 2.86. The molecule has 0 amide bonds. The van der Waals surface area contributed by atoms with Gasteiger partial charge in [-0.15, -0.1) is 0 Å². The molecule has 0 atom stereocenters. The molecule has 0 rings (SSSR count). The number of hydrogen-bond donors (Lipinski definition) is 0. The van der Waals surface area contributed by atoms with E-state index in [1.807, 2.05) is 0 Å². The monoisotopic (exact) mass is 224 g/mol. The van der Waals surface area contributed by atoms with E-state index in [0.29, 0.717) is 13.2 Å². The molecule has 0 heterocycles. The molecule has 0 unspecified atom stereocenters. The summed E-state index contributed by atoms with van der Waals surface area (Å²) >= 11 is 0. The van der Waals surface area contributed by atoms with Crippen LogP contribution in [0.3, 0.4) is 0 Å². The van der Waals surface area contributed by atoms with Crippen molar-refractivity contribution < 1.29 is 22.9 Å². The van der Waals surface area contributed by atoms with Gasteiger partial charge in [0.2, 0.25) is 0 Å². The summed E-state index contributed by atoms with van der Waals surface area (Å²) < 4.78 is 30.3. The molecule has 84 valence electrons. The molecule has 0 spiro atoms. The third-order valence-electron chi connectivity index (χ3n) is 1.47. The van der Waals surface area contributed by atoms with Crippen LogP contribution in [0.2, 0.25) is 0 Å². The number of phosphoric acid groups is 1. The number of hydrogen-bond acceptors (Lipinski definition) is 5. The van der Waals surface area contributed by atoms with Crippen molar-refractivity contribution in [3.63, 3.8) is 0 Å². The minimum atomic E-state index is -3.30. The molecule has 0 aliphatic rings. The molecule has 6 heteroatoms. The van der Waals surface area contributed by atoms with Gasteiger partial charge < -0.3 is 4.74 Å². The van der Waals surface area contributed by atoms with E-state index >= 15 is 0 Å². The molecule has 0 N–H and O–H groups in total. The van der Waals surface area contributed by atoms with E-state index in [2.05, 4.69) is 15.6 Å². The van der Waals surface area contributed by atoms with Gasteiger partial charge in [0.25, 0.3) is 0 Å². The van der Waals surface area contributed by atoms with Gasteiger partial charge in [-0.3, -0.25) is 13.6 Å². The van der Waals surface area contributed by atoms with Gasteiger partial charge in [-0.1, -0.05) is 6.58 Å². The Morgan fingerprint density at radius 2 is 1.79 bits per heavy atom. The molecule has 0 saturated heterocycles. The molecule has 0 saturated carbocycles. The zero-order valence-corrected chi connectivity index (χ0v) is 9.50. The maximum atomic E-state index is 11.3. The summed E-state index contributed by atoms with van der Waals surface area (Å²) in [5.41, 5.74) is 0. The zero-order valence-electron chi connectivity index (χ0n) is 8.60. The van der Waals surface area contributed by atoms with Crippen LogP contribution in [-0.2, 0) is 22.9 Å². The fourth-order valence-electron chi connectivity index (χ4n) is 0.727. The number of phosphoric ester groups is 1. The lowest BCUT2D eigenvalue weighted by Gasteiger charge is -2.12. The van der Waals surface area contributed by atoms with Crippen LogP contribution in [0.5, 0.6) is 0 Å². The van der Waals surface area contributed by atoms with Crippen LogP contribution in [0, 0.1) is 0 Å². The Kier molecular flexibility index (Phi) is 7.80. The summed E-state index contributed by atoms with van der Waals surface area (Å²) in [7, 11) is -0.732. The summed E-state index contributed by atoms with van der Waals surface area (Å²) in [4.78, 5) is 0. The molecule has 0 aliphatic carbocycles. The van der Waals surface area contributed by atoms with Crippen molar-refractivity contribution in [2.45, 2.75) is 12.8 Å². The van der Waals surface area contributed by atoms with Crippen LogP contribution in [-0.4, -0.2) is 27.4 Å². The Hall–Kier alpha value is -0.350. The summed E-state index contributed by atoms with van der Waals surface area (Å²) in [6.45, 7) is 4.31. The van der Waals surface area contributed by atoms with Crippen LogP contribution in [0.4, 0.5) is 0 Å². The van der Waals surface area contributed by atoms with Crippen LogP contribution in [0.1, 0.15) is 12.8 Å². The first-order valence-corrected chi connectivity index (χ1v) is 5.73. The molecular weight excluding hydrogens is 207 g/mol. The van der Waals surface area contributed by atoms with Gasteiger partial charge >= 0.3 is 7.82 Å². The third kappa shape index (κ3) is 6.16. The largest absolute Gasteiger partial charge is 0.502 e. The van der Waals surface area contributed by atoms with Crippen molar-refractivity contribution in [1.82, 2.24) is 0 Å². The van der Waals surface area contributed by atoms with Crippen molar-refractivity contribution >= 4 is 7.82 Å². The van der Waals surface area contributed by atoms with E-state index in [1.54, 1.807) is 0 Å². The zero-order chi connectivity index (χ0) is 10.9. The van der Waals surface area contributed by atoms with E-state index in [4.69, 9.17) is 9.26 Å². The highest BCUT2D eigenvalue weighted by Crippen LogP contribution is 2.47. The van der Waals surface area contributed by atoms with Crippen LogP contribution in [0.15, 0.2) is 12.8 Å². The van der Waals surface area contributed by atoms with Gasteiger partial charge in [0.05, 0.1) is 19.5 Å². The van der Waals surface area contributed by atoms with Crippen LogP contribution >= 0.6 is 7.82 Å². The topological polar surface area (TPSA) is 54.0 Å². The molecule has 14 heavy (non-hydrogen) atoms. The average Bonchev–Trinajstić information content (AvgIpc) is 2.23. The first kappa shape index (κ1) is 13.7. The van der Waals surface area contributed by atoms with Gasteiger partial charge in [-0.25, -0.2) is 4.57 Å². The molecule has 5 nitrogen and oxygen atoms in total. The predicted molar refractivity (Wildman–Crippen MR) is 53.0 cm³/mol. The highest BCUT2D eigenvalue weighted by atomic mass is 31.2. The first-order chi connectivity index (χ1) is 6.68. The first-order valence-electron chi connectivity index (χ1n) is 4.27. The fraction of sp³-hybridized carbons (Fsp3) is 0.750. The molecule has 0 aromatic rings. The molecule has 0 radical (unpaired) electrons. The Morgan fingerprint density at radius 3 is 2.29 bits per heavy atom. The van der Waals surface area contributed by atoms with E-state index in [9.17, 15) is 4.57 Å². The number of rotatable bonds is 9. The highest BCUT2D eigenvalue weighted by Gasteiger charge is 2.21. The summed E-state index contributed by atoms with van der Waals surface area (Å²) in [6, 6.07) is 0. The van der Waals surface area contributed by atoms with E-state index < -0.39 is 7.82 Å². The Balaban J connectivity index is 3.43. The van der Waals surface area contributed by atoms with Gasteiger partial charge in [-0.2, -0.15) is 0 Å². The smallest absolute Gasteiger partial charge is 0.474 e. The second kappa shape index (κ2) is 8.00. The van der Waals surface area contributed by atoms with Crippen molar-refractivity contribution in [3.05, 3.63) is 12.8 Å². The lowest BCUT2D eigenvalue weighted by Crippen LogP contribution is -1.98. The molecule has 0 fully saturated rings. The maximum absolute atomic E-state index is 11.3. The van der Waals surface area contributed by atoms with Gasteiger partial charge in [0, 0.05) is 14.2 Å². The number of ether oxygens (including phenoxy) is 1. The lowest BCUT2D eigenvalue weighted by atomic mass is 10.3. The fourth-order valence-corrected chi connectivity index (χ4v) is 1.44. The van der Waals surface area contributed by atoms with Gasteiger partial charge in [0.1, 0.15) is 0 Å². The van der Waals surface area contributed by atoms with Crippen LogP contribution < -0.4 is 0 Å². The van der Waals surface area contributed by atoms with E-state index in [-0.39, 0.29) is 0 Å². The number of unbranched alkanes of at least 4 members (excludes halogenated alkanes) is 1. The van der Waals surface area contributed by atoms with E-state index in [1.165, 1.54) is 20.5 Å². The second-order valence-corrected chi connectivity index (χ2v) is 4.27. The molecule has 0 bridgehead atoms. The minimum absolute atomic E-state index is 0.319. The summed E-state index contributed by atoms with van der Waals surface area (Å²) in [5.74, 6) is 0. The van der Waals surface area contributed by atoms with Gasteiger partial charge in [0.15, 0.2) is 0 Å². The Bertz CT molecular complexity index is 186. The summed E-state index contributed by atoms with van der Waals surface area (Å²) in [6.07, 6.45) is 2.92. The molecular formula is C8H17O5P. The van der Waals surface area contributed by atoms with Crippen molar-refractivity contribution in [2.75, 3.05) is 27.4 Å². The predicted octanol–water partition coefficient (Wildman–Crippen LogP) is 2.34. The minimum Gasteiger partial charge on any atom is -0.502 e. The average molecular weight is 224 g/mol. The van der Waals surface area contributed by atoms with Gasteiger partial charge in [-0.05, 0) is 12.8 Å². The van der Waals surface area contributed by atoms with E-state index in [0.717, 1.165) is 12.8 Å². The molecule has 0 aromatic carbocycles. The standard InChI is InChI=1S/C8H17O5P/c1-4-12-7-5-6-8-13-14(9,10-2)11-3/h4H,1,5-8H2,2-3H3. The normalized spacial score (nSPS) is 11.3. The van der Waals surface area contributed by atoms with Crippen LogP contribution in [0.25, 0.3) is 0 Å². The lowest BCUT2D eigenvalue weighted by molar-refractivity contribution is 0.145. The van der Waals surface area contributed by atoms with Crippen molar-refractivity contribution in [1.29, 1.82) is 0 Å². The Labute approximate surface area is 84.6 Å². The maximum Gasteiger partial charge on any atom is 0.474 e. The molecule has 0 aromatic heterocycles. The molecule has 0 aliphatic heterocycles.